The molecule has 0 bridgehead atoms. The van der Waals surface area contributed by atoms with E-state index in [1.165, 1.54) is 0 Å². The lowest BCUT2D eigenvalue weighted by atomic mass is 10.2. The number of hydrogen-bond donors (Lipinski definition) is 2. The lowest BCUT2D eigenvalue weighted by molar-refractivity contribution is 0.0394. The summed E-state index contributed by atoms with van der Waals surface area (Å²) in [4.78, 5) is 17.6. The Balaban J connectivity index is 2.28. The van der Waals surface area contributed by atoms with Gasteiger partial charge in [-0.3, -0.25) is 4.79 Å². The molecular weight excluding hydrogens is 196 g/mol. The van der Waals surface area contributed by atoms with Crippen LogP contribution in [0.1, 0.15) is 31.7 Å². The van der Waals surface area contributed by atoms with E-state index in [0.717, 1.165) is 18.9 Å². The molecule has 2 N–H and O–H groups in total. The van der Waals surface area contributed by atoms with Crippen LogP contribution in [-0.2, 0) is 4.74 Å². The van der Waals surface area contributed by atoms with E-state index in [-0.39, 0.29) is 17.5 Å². The number of aromatic hydroxyl groups is 1. The molecule has 1 aromatic heterocycles. The normalized spacial score (nSPS) is 17.7. The predicted octanol–water partition coefficient (Wildman–Crippen LogP) is 0.963. The topological polar surface area (TPSA) is 75.2 Å². The van der Waals surface area contributed by atoms with Gasteiger partial charge in [-0.25, -0.2) is 0 Å². The summed E-state index contributed by atoms with van der Waals surface area (Å²) in [5.41, 5.74) is -0.345. The van der Waals surface area contributed by atoms with Crippen molar-refractivity contribution in [2.75, 3.05) is 6.61 Å². The van der Waals surface area contributed by atoms with Crippen LogP contribution in [0.3, 0.4) is 0 Å². The van der Waals surface area contributed by atoms with E-state index in [9.17, 15) is 9.90 Å². The lowest BCUT2D eigenvalue weighted by Crippen LogP contribution is -2.16. The first kappa shape index (κ1) is 10.2. The van der Waals surface area contributed by atoms with E-state index in [1.54, 1.807) is 0 Å². The van der Waals surface area contributed by atoms with Gasteiger partial charge in [-0.15, -0.1) is 0 Å². The molecule has 0 aromatic carbocycles. The Hall–Kier alpha value is -1.36. The average Bonchev–Trinajstić information content (AvgIpc) is 2.95. The van der Waals surface area contributed by atoms with Crippen LogP contribution in [0.2, 0.25) is 0 Å². The summed E-state index contributed by atoms with van der Waals surface area (Å²) in [6, 6.07) is 1.05. The highest BCUT2D eigenvalue weighted by molar-refractivity contribution is 5.09. The third-order valence-corrected chi connectivity index (χ3v) is 2.41. The van der Waals surface area contributed by atoms with E-state index in [0.29, 0.717) is 18.3 Å². The van der Waals surface area contributed by atoms with Crippen molar-refractivity contribution >= 4 is 0 Å². The van der Waals surface area contributed by atoms with Gasteiger partial charge in [0, 0.05) is 6.61 Å². The number of H-pyrrole nitrogens is 1. The molecule has 82 valence electrons. The molecule has 0 aliphatic heterocycles. The number of nitrogens with one attached hydrogen (secondary N) is 1. The summed E-state index contributed by atoms with van der Waals surface area (Å²) >= 11 is 0. The SMILES string of the molecule is CCOC(c1nc(O)cc(=O)[nH]1)C1CC1. The van der Waals surface area contributed by atoms with Gasteiger partial charge in [0.15, 0.2) is 0 Å². The molecule has 0 spiro atoms. The van der Waals surface area contributed by atoms with Crippen molar-refractivity contribution in [2.24, 2.45) is 5.92 Å². The molecule has 1 unspecified atom stereocenters. The Morgan fingerprint density at radius 2 is 2.47 bits per heavy atom. The molecular formula is C10H14N2O3. The molecule has 5 heteroatoms. The molecule has 1 aliphatic carbocycles. The molecule has 1 aromatic rings. The molecule has 1 heterocycles. The monoisotopic (exact) mass is 210 g/mol. The van der Waals surface area contributed by atoms with Gasteiger partial charge < -0.3 is 14.8 Å². The first-order chi connectivity index (χ1) is 7.20. The third-order valence-electron chi connectivity index (χ3n) is 2.41. The molecule has 1 saturated carbocycles. The first-order valence-electron chi connectivity index (χ1n) is 5.12. The van der Waals surface area contributed by atoms with Crippen LogP contribution in [0.25, 0.3) is 0 Å². The number of ether oxygens (including phenoxy) is 1. The van der Waals surface area contributed by atoms with Crippen LogP contribution in [0.15, 0.2) is 10.9 Å². The van der Waals surface area contributed by atoms with Gasteiger partial charge in [-0.1, -0.05) is 0 Å². The Morgan fingerprint density at radius 1 is 1.73 bits per heavy atom. The highest BCUT2D eigenvalue weighted by Gasteiger charge is 2.34. The van der Waals surface area contributed by atoms with Gasteiger partial charge in [0.2, 0.25) is 5.88 Å². The maximum atomic E-state index is 11.2. The third kappa shape index (κ3) is 2.36. The van der Waals surface area contributed by atoms with E-state index < -0.39 is 0 Å². The van der Waals surface area contributed by atoms with Gasteiger partial charge >= 0.3 is 0 Å². The zero-order valence-corrected chi connectivity index (χ0v) is 8.56. The summed E-state index contributed by atoms with van der Waals surface area (Å²) < 4.78 is 5.52. The van der Waals surface area contributed by atoms with Crippen molar-refractivity contribution in [2.45, 2.75) is 25.9 Å². The quantitative estimate of drug-likeness (QED) is 0.776. The van der Waals surface area contributed by atoms with Crippen molar-refractivity contribution in [3.63, 3.8) is 0 Å². The molecule has 2 rings (SSSR count). The number of aromatic amines is 1. The summed E-state index contributed by atoms with van der Waals surface area (Å²) in [7, 11) is 0. The van der Waals surface area contributed by atoms with Crippen LogP contribution in [0, 0.1) is 5.92 Å². The lowest BCUT2D eigenvalue weighted by Gasteiger charge is -2.14. The van der Waals surface area contributed by atoms with E-state index in [1.807, 2.05) is 6.92 Å². The number of rotatable bonds is 4. The van der Waals surface area contributed by atoms with Crippen LogP contribution >= 0.6 is 0 Å². The van der Waals surface area contributed by atoms with Crippen molar-refractivity contribution in [1.82, 2.24) is 9.97 Å². The predicted molar refractivity (Wildman–Crippen MR) is 53.6 cm³/mol. The van der Waals surface area contributed by atoms with Crippen molar-refractivity contribution in [3.8, 4) is 5.88 Å². The summed E-state index contributed by atoms with van der Waals surface area (Å²) in [5.74, 6) is 0.610. The second-order valence-corrected chi connectivity index (χ2v) is 3.70. The molecule has 1 fully saturated rings. The molecule has 1 atom stereocenters. The van der Waals surface area contributed by atoms with Gasteiger partial charge in [0.25, 0.3) is 5.56 Å². The standard InChI is InChI=1S/C10H14N2O3/c1-2-15-9(6-3-4-6)10-11-7(13)5-8(14)12-10/h5-6,9H,2-4H2,1H3,(H2,11,12,13,14). The fraction of sp³-hybridized carbons (Fsp3) is 0.600. The Morgan fingerprint density at radius 3 is 3.00 bits per heavy atom. The maximum Gasteiger partial charge on any atom is 0.254 e. The molecule has 1 aliphatic rings. The maximum absolute atomic E-state index is 11.2. The zero-order valence-electron chi connectivity index (χ0n) is 8.56. The highest BCUT2D eigenvalue weighted by atomic mass is 16.5. The molecule has 0 radical (unpaired) electrons. The number of aromatic nitrogens is 2. The van der Waals surface area contributed by atoms with Crippen LogP contribution in [-0.4, -0.2) is 21.7 Å². The second-order valence-electron chi connectivity index (χ2n) is 3.70. The highest BCUT2D eigenvalue weighted by Crippen LogP contribution is 2.42. The van der Waals surface area contributed by atoms with Crippen LogP contribution in [0.5, 0.6) is 5.88 Å². The molecule has 15 heavy (non-hydrogen) atoms. The largest absolute Gasteiger partial charge is 0.493 e. The van der Waals surface area contributed by atoms with Crippen molar-refractivity contribution in [1.29, 1.82) is 0 Å². The Bertz CT molecular complexity index is 398. The smallest absolute Gasteiger partial charge is 0.254 e. The second kappa shape index (κ2) is 4.02. The minimum Gasteiger partial charge on any atom is -0.493 e. The van der Waals surface area contributed by atoms with E-state index in [2.05, 4.69) is 9.97 Å². The summed E-state index contributed by atoms with van der Waals surface area (Å²) in [6.45, 7) is 2.47. The molecule has 0 amide bonds. The van der Waals surface area contributed by atoms with Crippen LogP contribution < -0.4 is 5.56 Å². The van der Waals surface area contributed by atoms with E-state index >= 15 is 0 Å². The average molecular weight is 210 g/mol. The Labute approximate surface area is 87.1 Å². The number of nitrogens with zero attached hydrogens (tertiary/aromatic N) is 1. The molecule has 5 nitrogen and oxygen atoms in total. The fourth-order valence-electron chi connectivity index (χ4n) is 1.61. The van der Waals surface area contributed by atoms with Crippen molar-refractivity contribution < 1.29 is 9.84 Å². The molecule has 0 saturated heterocycles. The number of hydrogen-bond acceptors (Lipinski definition) is 4. The first-order valence-corrected chi connectivity index (χ1v) is 5.12. The van der Waals surface area contributed by atoms with Gasteiger partial charge in [-0.2, -0.15) is 4.98 Å². The minimum atomic E-state index is -0.345. The van der Waals surface area contributed by atoms with Crippen LogP contribution in [0.4, 0.5) is 0 Å². The minimum absolute atomic E-state index is 0.185. The summed E-state index contributed by atoms with van der Waals surface area (Å²) in [5, 5.41) is 9.23. The van der Waals surface area contributed by atoms with Gasteiger partial charge in [0.1, 0.15) is 11.9 Å². The van der Waals surface area contributed by atoms with Crippen molar-refractivity contribution in [3.05, 3.63) is 22.2 Å². The Kier molecular flexibility index (Phi) is 2.73. The van der Waals surface area contributed by atoms with E-state index in [4.69, 9.17) is 4.74 Å². The van der Waals surface area contributed by atoms with Gasteiger partial charge in [0.05, 0.1) is 6.07 Å². The fourth-order valence-corrected chi connectivity index (χ4v) is 1.61. The zero-order chi connectivity index (χ0) is 10.8. The van der Waals surface area contributed by atoms with Gasteiger partial charge in [-0.05, 0) is 25.7 Å². The summed E-state index contributed by atoms with van der Waals surface area (Å²) in [6.07, 6.45) is 1.99.